The molecule has 1 aromatic heterocycles. The molecule has 3 rings (SSSR count). The van der Waals surface area contributed by atoms with Crippen molar-refractivity contribution in [2.75, 3.05) is 6.54 Å². The minimum atomic E-state index is 0.175. The molecular formula is C15H16N4O. The lowest BCUT2D eigenvalue weighted by Gasteiger charge is -2.09. The molecule has 0 radical (unpaired) electrons. The zero-order valence-corrected chi connectivity index (χ0v) is 11.2. The third-order valence-electron chi connectivity index (χ3n) is 3.55. The molecule has 1 fully saturated rings. The van der Waals surface area contributed by atoms with Crippen LogP contribution in [-0.2, 0) is 0 Å². The second-order valence-corrected chi connectivity index (χ2v) is 5.01. The summed E-state index contributed by atoms with van der Waals surface area (Å²) in [5, 5.41) is 16.5. The van der Waals surface area contributed by atoms with Gasteiger partial charge in [-0.25, -0.2) is 0 Å². The lowest BCUT2D eigenvalue weighted by atomic mass is 10.1. The molecule has 0 aliphatic carbocycles. The van der Waals surface area contributed by atoms with E-state index >= 15 is 0 Å². The van der Waals surface area contributed by atoms with Crippen molar-refractivity contribution in [3.05, 3.63) is 35.7 Å². The van der Waals surface area contributed by atoms with Crippen LogP contribution in [0.2, 0.25) is 0 Å². The van der Waals surface area contributed by atoms with Crippen molar-refractivity contribution in [3.63, 3.8) is 0 Å². The van der Waals surface area contributed by atoms with Crippen molar-refractivity contribution in [1.82, 2.24) is 15.5 Å². The summed E-state index contributed by atoms with van der Waals surface area (Å²) >= 11 is 0. The standard InChI is InChI=1S/C15H16N4O/c16-10-11-5-4-6-12(9-11)15-18-14(19-20-15)13-7-2-1-3-8-17-13/h4-6,9,13,17H,1-3,7-8H2/t13-/m1/s1. The third kappa shape index (κ3) is 2.70. The lowest BCUT2D eigenvalue weighted by molar-refractivity contribution is 0.402. The first-order chi connectivity index (χ1) is 9.86. The van der Waals surface area contributed by atoms with E-state index in [4.69, 9.17) is 9.78 Å². The second-order valence-electron chi connectivity index (χ2n) is 5.01. The maximum absolute atomic E-state index is 8.92. The SMILES string of the molecule is N#Cc1cccc(-c2nc([C@H]3CCCCCN3)no2)c1. The van der Waals surface area contributed by atoms with Gasteiger partial charge in [-0.2, -0.15) is 10.2 Å². The summed E-state index contributed by atoms with van der Waals surface area (Å²) in [6.07, 6.45) is 4.67. The highest BCUT2D eigenvalue weighted by Crippen LogP contribution is 2.24. The van der Waals surface area contributed by atoms with Gasteiger partial charge in [-0.1, -0.05) is 24.1 Å². The van der Waals surface area contributed by atoms with Gasteiger partial charge in [0.15, 0.2) is 5.82 Å². The molecule has 0 saturated carbocycles. The number of hydrogen-bond donors (Lipinski definition) is 1. The van der Waals surface area contributed by atoms with Crippen LogP contribution in [0, 0.1) is 11.3 Å². The summed E-state index contributed by atoms with van der Waals surface area (Å²) in [6, 6.07) is 9.50. The third-order valence-corrected chi connectivity index (χ3v) is 3.55. The number of rotatable bonds is 2. The lowest BCUT2D eigenvalue weighted by Crippen LogP contribution is -2.21. The Hall–Kier alpha value is -2.19. The molecule has 1 aliphatic heterocycles. The van der Waals surface area contributed by atoms with Crippen LogP contribution in [0.4, 0.5) is 0 Å². The average molecular weight is 268 g/mol. The van der Waals surface area contributed by atoms with Gasteiger partial charge in [-0.3, -0.25) is 0 Å². The minimum Gasteiger partial charge on any atom is -0.334 e. The van der Waals surface area contributed by atoms with E-state index in [-0.39, 0.29) is 6.04 Å². The first-order valence-electron chi connectivity index (χ1n) is 6.94. The molecule has 0 bridgehead atoms. The van der Waals surface area contributed by atoms with Crippen LogP contribution in [-0.4, -0.2) is 16.7 Å². The van der Waals surface area contributed by atoms with E-state index in [0.717, 1.165) is 18.5 Å². The highest BCUT2D eigenvalue weighted by Gasteiger charge is 2.20. The van der Waals surface area contributed by atoms with Crippen molar-refractivity contribution in [3.8, 4) is 17.5 Å². The fourth-order valence-electron chi connectivity index (χ4n) is 2.46. The van der Waals surface area contributed by atoms with Gasteiger partial charge in [0.2, 0.25) is 0 Å². The highest BCUT2D eigenvalue weighted by molar-refractivity contribution is 5.55. The summed E-state index contributed by atoms with van der Waals surface area (Å²) in [7, 11) is 0. The van der Waals surface area contributed by atoms with Gasteiger partial charge in [-0.05, 0) is 37.6 Å². The van der Waals surface area contributed by atoms with Gasteiger partial charge < -0.3 is 9.84 Å². The predicted molar refractivity (Wildman–Crippen MR) is 73.7 cm³/mol. The molecule has 1 N–H and O–H groups in total. The highest BCUT2D eigenvalue weighted by atomic mass is 16.5. The monoisotopic (exact) mass is 268 g/mol. The van der Waals surface area contributed by atoms with Gasteiger partial charge in [0.05, 0.1) is 17.7 Å². The van der Waals surface area contributed by atoms with E-state index in [1.807, 2.05) is 12.1 Å². The van der Waals surface area contributed by atoms with Gasteiger partial charge in [0.1, 0.15) is 0 Å². The maximum atomic E-state index is 8.92. The molecule has 2 aromatic rings. The molecule has 5 nitrogen and oxygen atoms in total. The van der Waals surface area contributed by atoms with E-state index in [1.165, 1.54) is 19.3 Å². The molecule has 1 aromatic carbocycles. The largest absolute Gasteiger partial charge is 0.334 e. The second kappa shape index (κ2) is 5.85. The zero-order chi connectivity index (χ0) is 13.8. The molecule has 5 heteroatoms. The number of nitriles is 1. The van der Waals surface area contributed by atoms with Crippen LogP contribution in [0.25, 0.3) is 11.5 Å². The normalized spacial score (nSPS) is 19.2. The van der Waals surface area contributed by atoms with Crippen LogP contribution in [0.1, 0.15) is 43.1 Å². The Kier molecular flexibility index (Phi) is 3.75. The number of hydrogen-bond acceptors (Lipinski definition) is 5. The first kappa shape index (κ1) is 12.8. The first-order valence-corrected chi connectivity index (χ1v) is 6.94. The summed E-state index contributed by atoms with van der Waals surface area (Å²) in [6.45, 7) is 0.998. The van der Waals surface area contributed by atoms with Crippen LogP contribution in [0.3, 0.4) is 0 Å². The van der Waals surface area contributed by atoms with Crippen molar-refractivity contribution in [2.45, 2.75) is 31.7 Å². The fourth-order valence-corrected chi connectivity index (χ4v) is 2.46. The Labute approximate surface area is 117 Å². The molecule has 0 spiro atoms. The van der Waals surface area contributed by atoms with E-state index in [1.54, 1.807) is 12.1 Å². The molecule has 1 aliphatic rings. The smallest absolute Gasteiger partial charge is 0.258 e. The Morgan fingerprint density at radius 3 is 3.15 bits per heavy atom. The van der Waals surface area contributed by atoms with Crippen molar-refractivity contribution in [2.24, 2.45) is 0 Å². The van der Waals surface area contributed by atoms with Gasteiger partial charge in [0.25, 0.3) is 5.89 Å². The van der Waals surface area contributed by atoms with Gasteiger partial charge in [0, 0.05) is 5.56 Å². The molecule has 20 heavy (non-hydrogen) atoms. The van der Waals surface area contributed by atoms with E-state index in [0.29, 0.717) is 17.3 Å². The number of nitrogens with one attached hydrogen (secondary N) is 1. The summed E-state index contributed by atoms with van der Waals surface area (Å²) in [4.78, 5) is 4.47. The maximum Gasteiger partial charge on any atom is 0.258 e. The number of nitrogens with zero attached hydrogens (tertiary/aromatic N) is 3. The Bertz CT molecular complexity index is 621. The Morgan fingerprint density at radius 1 is 1.30 bits per heavy atom. The predicted octanol–water partition coefficient (Wildman–Crippen LogP) is 2.81. The van der Waals surface area contributed by atoms with Crippen molar-refractivity contribution in [1.29, 1.82) is 5.26 Å². The van der Waals surface area contributed by atoms with Crippen LogP contribution in [0.5, 0.6) is 0 Å². The van der Waals surface area contributed by atoms with Gasteiger partial charge >= 0.3 is 0 Å². The van der Waals surface area contributed by atoms with E-state index < -0.39 is 0 Å². The van der Waals surface area contributed by atoms with Crippen LogP contribution >= 0.6 is 0 Å². The number of benzene rings is 1. The molecule has 102 valence electrons. The molecule has 0 unspecified atom stereocenters. The topological polar surface area (TPSA) is 74.7 Å². The summed E-state index contributed by atoms with van der Waals surface area (Å²) < 4.78 is 5.33. The van der Waals surface area contributed by atoms with Crippen LogP contribution < -0.4 is 5.32 Å². The Balaban J connectivity index is 1.84. The van der Waals surface area contributed by atoms with Gasteiger partial charge in [-0.15, -0.1) is 0 Å². The van der Waals surface area contributed by atoms with E-state index in [9.17, 15) is 0 Å². The minimum absolute atomic E-state index is 0.175. The van der Waals surface area contributed by atoms with Crippen molar-refractivity contribution < 1.29 is 4.52 Å². The average Bonchev–Trinajstić information content (AvgIpc) is 2.83. The Morgan fingerprint density at radius 2 is 2.25 bits per heavy atom. The summed E-state index contributed by atoms with van der Waals surface area (Å²) in [5.74, 6) is 1.19. The molecule has 2 heterocycles. The molecular weight excluding hydrogens is 252 g/mol. The summed E-state index contributed by atoms with van der Waals surface area (Å²) in [5.41, 5.74) is 1.38. The quantitative estimate of drug-likeness (QED) is 0.906. The number of aromatic nitrogens is 2. The molecule has 1 atom stereocenters. The van der Waals surface area contributed by atoms with Crippen LogP contribution in [0.15, 0.2) is 28.8 Å². The fraction of sp³-hybridized carbons (Fsp3) is 0.400. The molecule has 0 amide bonds. The van der Waals surface area contributed by atoms with E-state index in [2.05, 4.69) is 21.5 Å². The van der Waals surface area contributed by atoms with Crippen molar-refractivity contribution >= 4 is 0 Å². The zero-order valence-electron chi connectivity index (χ0n) is 11.2. The molecule has 1 saturated heterocycles.